The van der Waals surface area contributed by atoms with Gasteiger partial charge in [0, 0.05) is 12.6 Å². The number of primary amides is 1. The van der Waals surface area contributed by atoms with Crippen LogP contribution in [0.25, 0.3) is 28.2 Å². The van der Waals surface area contributed by atoms with Gasteiger partial charge in [0.05, 0.1) is 5.69 Å². The Bertz CT molecular complexity index is 1230. The third-order valence-electron chi connectivity index (χ3n) is 4.24. The highest BCUT2D eigenvalue weighted by molar-refractivity contribution is 6.02. The van der Waals surface area contributed by atoms with Gasteiger partial charge in [-0.05, 0) is 24.3 Å². The number of fused-ring (bicyclic) bond motifs is 1. The molecule has 0 aliphatic rings. The SMILES string of the molecule is Cn1c(=O)n(-c2ccc(F)cc2)c2nc(-c3ccccc3)nc(C(N)=O)c21. The van der Waals surface area contributed by atoms with Gasteiger partial charge >= 0.3 is 5.69 Å². The molecule has 8 heteroatoms. The highest BCUT2D eigenvalue weighted by atomic mass is 19.1. The number of carbonyl (C=O) groups is 1. The maximum atomic E-state index is 13.3. The Hall–Kier alpha value is -3.81. The molecule has 4 aromatic rings. The van der Waals surface area contributed by atoms with E-state index in [1.165, 1.54) is 40.4 Å². The molecule has 0 aliphatic carbocycles. The molecular formula is C19H14FN5O2. The number of nitrogens with zero attached hydrogens (tertiary/aromatic N) is 4. The Morgan fingerprint density at radius 3 is 2.33 bits per heavy atom. The van der Waals surface area contributed by atoms with E-state index in [1.807, 2.05) is 18.2 Å². The van der Waals surface area contributed by atoms with Gasteiger partial charge in [-0.1, -0.05) is 30.3 Å². The summed E-state index contributed by atoms with van der Waals surface area (Å²) in [5, 5.41) is 0. The molecule has 4 rings (SSSR count). The van der Waals surface area contributed by atoms with Crippen LogP contribution < -0.4 is 11.4 Å². The average Bonchev–Trinajstić information content (AvgIpc) is 2.93. The molecule has 0 atom stereocenters. The number of aromatic nitrogens is 4. The Balaban J connectivity index is 2.12. The molecular weight excluding hydrogens is 349 g/mol. The highest BCUT2D eigenvalue weighted by Gasteiger charge is 2.22. The second-order valence-electron chi connectivity index (χ2n) is 5.95. The van der Waals surface area contributed by atoms with Crippen LogP contribution in [0.5, 0.6) is 0 Å². The van der Waals surface area contributed by atoms with Crippen molar-refractivity contribution in [2.24, 2.45) is 12.8 Å². The fourth-order valence-electron chi connectivity index (χ4n) is 2.96. The van der Waals surface area contributed by atoms with E-state index >= 15 is 0 Å². The number of rotatable bonds is 3. The van der Waals surface area contributed by atoms with Gasteiger partial charge in [0.2, 0.25) is 0 Å². The van der Waals surface area contributed by atoms with Crippen molar-refractivity contribution in [2.45, 2.75) is 0 Å². The molecule has 0 saturated carbocycles. The first kappa shape index (κ1) is 16.6. The zero-order valence-electron chi connectivity index (χ0n) is 14.3. The predicted molar refractivity (Wildman–Crippen MR) is 98.0 cm³/mol. The lowest BCUT2D eigenvalue weighted by atomic mass is 10.2. The fraction of sp³-hybridized carbons (Fsp3) is 0.0526. The fourth-order valence-corrected chi connectivity index (χ4v) is 2.96. The van der Waals surface area contributed by atoms with Crippen molar-refractivity contribution in [1.82, 2.24) is 19.1 Å². The van der Waals surface area contributed by atoms with E-state index in [2.05, 4.69) is 9.97 Å². The number of amides is 1. The van der Waals surface area contributed by atoms with Crippen LogP contribution in [0, 0.1) is 5.82 Å². The van der Waals surface area contributed by atoms with Crippen molar-refractivity contribution >= 4 is 17.1 Å². The molecule has 0 unspecified atom stereocenters. The zero-order chi connectivity index (χ0) is 19.1. The molecule has 0 radical (unpaired) electrons. The summed E-state index contributed by atoms with van der Waals surface area (Å²) < 4.78 is 15.9. The van der Waals surface area contributed by atoms with Crippen LogP contribution in [0.2, 0.25) is 0 Å². The summed E-state index contributed by atoms with van der Waals surface area (Å²) in [6.07, 6.45) is 0. The number of hydrogen-bond donors (Lipinski definition) is 1. The Morgan fingerprint density at radius 1 is 1.04 bits per heavy atom. The molecule has 2 aromatic heterocycles. The van der Waals surface area contributed by atoms with Crippen LogP contribution in [-0.2, 0) is 7.05 Å². The second-order valence-corrected chi connectivity index (χ2v) is 5.95. The zero-order valence-corrected chi connectivity index (χ0v) is 14.3. The van der Waals surface area contributed by atoms with E-state index in [0.29, 0.717) is 11.3 Å². The summed E-state index contributed by atoms with van der Waals surface area (Å²) in [4.78, 5) is 33.6. The molecule has 0 aliphatic heterocycles. The van der Waals surface area contributed by atoms with Crippen LogP contribution >= 0.6 is 0 Å². The summed E-state index contributed by atoms with van der Waals surface area (Å²) in [5.41, 5.74) is 6.53. The first-order valence-corrected chi connectivity index (χ1v) is 8.08. The van der Waals surface area contributed by atoms with Gasteiger partial charge in [-0.25, -0.2) is 23.7 Å². The van der Waals surface area contributed by atoms with Crippen molar-refractivity contribution in [3.8, 4) is 17.1 Å². The van der Waals surface area contributed by atoms with Crippen molar-refractivity contribution in [1.29, 1.82) is 0 Å². The molecule has 0 fully saturated rings. The topological polar surface area (TPSA) is 95.8 Å². The highest BCUT2D eigenvalue weighted by Crippen LogP contribution is 2.23. The molecule has 2 aromatic carbocycles. The number of hydrogen-bond acceptors (Lipinski definition) is 4. The minimum absolute atomic E-state index is 0.0562. The molecule has 7 nitrogen and oxygen atoms in total. The quantitative estimate of drug-likeness (QED) is 0.602. The van der Waals surface area contributed by atoms with Gasteiger partial charge in [0.1, 0.15) is 11.3 Å². The third-order valence-corrected chi connectivity index (χ3v) is 4.24. The maximum absolute atomic E-state index is 13.3. The van der Waals surface area contributed by atoms with E-state index in [4.69, 9.17) is 5.73 Å². The maximum Gasteiger partial charge on any atom is 0.334 e. The van der Waals surface area contributed by atoms with E-state index in [-0.39, 0.29) is 22.7 Å². The van der Waals surface area contributed by atoms with Crippen LogP contribution in [-0.4, -0.2) is 25.0 Å². The molecule has 2 N–H and O–H groups in total. The van der Waals surface area contributed by atoms with Gasteiger partial charge in [0.15, 0.2) is 17.2 Å². The van der Waals surface area contributed by atoms with E-state index in [1.54, 1.807) is 12.1 Å². The van der Waals surface area contributed by atoms with Gasteiger partial charge in [-0.3, -0.25) is 9.36 Å². The van der Waals surface area contributed by atoms with Crippen LogP contribution in [0.15, 0.2) is 59.4 Å². The number of halogens is 1. The predicted octanol–water partition coefficient (Wildman–Crippen LogP) is 2.02. The Labute approximate surface area is 152 Å². The van der Waals surface area contributed by atoms with Gasteiger partial charge in [-0.2, -0.15) is 0 Å². The van der Waals surface area contributed by atoms with Crippen LogP contribution in [0.1, 0.15) is 10.5 Å². The Kier molecular flexibility index (Phi) is 3.80. The largest absolute Gasteiger partial charge is 0.364 e. The molecule has 2 heterocycles. The summed E-state index contributed by atoms with van der Waals surface area (Å²) in [5.74, 6) is -0.936. The number of carbonyl (C=O) groups excluding carboxylic acids is 1. The number of nitrogens with two attached hydrogens (primary N) is 1. The molecule has 0 spiro atoms. The van der Waals surface area contributed by atoms with Crippen molar-refractivity contribution in [2.75, 3.05) is 0 Å². The molecule has 1 amide bonds. The second kappa shape index (κ2) is 6.17. The van der Waals surface area contributed by atoms with Crippen LogP contribution in [0.3, 0.4) is 0 Å². The van der Waals surface area contributed by atoms with E-state index in [9.17, 15) is 14.0 Å². The monoisotopic (exact) mass is 363 g/mol. The molecule has 0 saturated heterocycles. The smallest absolute Gasteiger partial charge is 0.334 e. The molecule has 134 valence electrons. The van der Waals surface area contributed by atoms with Gasteiger partial charge in [-0.15, -0.1) is 0 Å². The summed E-state index contributed by atoms with van der Waals surface area (Å²) in [6.45, 7) is 0. The van der Waals surface area contributed by atoms with Gasteiger partial charge < -0.3 is 5.73 Å². The lowest BCUT2D eigenvalue weighted by Gasteiger charge is -2.06. The van der Waals surface area contributed by atoms with Crippen molar-refractivity contribution in [3.05, 3.63) is 76.6 Å². The third kappa shape index (κ3) is 2.67. The summed E-state index contributed by atoms with van der Waals surface area (Å²) >= 11 is 0. The van der Waals surface area contributed by atoms with Crippen molar-refractivity contribution < 1.29 is 9.18 Å². The summed E-state index contributed by atoms with van der Waals surface area (Å²) in [7, 11) is 1.50. The molecule has 27 heavy (non-hydrogen) atoms. The van der Waals surface area contributed by atoms with E-state index in [0.717, 1.165) is 0 Å². The normalized spacial score (nSPS) is 11.0. The Morgan fingerprint density at radius 2 is 1.70 bits per heavy atom. The number of benzene rings is 2. The molecule has 0 bridgehead atoms. The first-order valence-electron chi connectivity index (χ1n) is 8.08. The average molecular weight is 363 g/mol. The van der Waals surface area contributed by atoms with Crippen LogP contribution in [0.4, 0.5) is 4.39 Å². The minimum Gasteiger partial charge on any atom is -0.364 e. The number of imidazole rings is 1. The number of aryl methyl sites for hydroxylation is 1. The lowest BCUT2D eigenvalue weighted by Crippen LogP contribution is -2.21. The van der Waals surface area contributed by atoms with E-state index < -0.39 is 17.4 Å². The van der Waals surface area contributed by atoms with Crippen molar-refractivity contribution in [3.63, 3.8) is 0 Å². The minimum atomic E-state index is -0.772. The van der Waals surface area contributed by atoms with Gasteiger partial charge in [0.25, 0.3) is 5.91 Å². The first-order chi connectivity index (χ1) is 13.0. The standard InChI is InChI=1S/C19H14FN5O2/c1-24-15-14(16(21)26)22-17(11-5-3-2-4-6-11)23-18(15)25(19(24)27)13-9-7-12(20)8-10-13/h2-10H,1H3,(H2,21,26). The lowest BCUT2D eigenvalue weighted by molar-refractivity contribution is 0.0997. The summed E-state index contributed by atoms with van der Waals surface area (Å²) in [6, 6.07) is 14.5.